The smallest absolute Gasteiger partial charge is 0.249 e. The first kappa shape index (κ1) is 21.7. The molecule has 1 fully saturated rings. The lowest BCUT2D eigenvalue weighted by Crippen LogP contribution is -2.51. The van der Waals surface area contributed by atoms with Crippen molar-refractivity contribution in [2.75, 3.05) is 44.7 Å². The van der Waals surface area contributed by atoms with Gasteiger partial charge in [0, 0.05) is 49.6 Å². The fourth-order valence-corrected chi connectivity index (χ4v) is 3.92. The van der Waals surface area contributed by atoms with E-state index >= 15 is 0 Å². The number of aromatic nitrogens is 4. The summed E-state index contributed by atoms with van der Waals surface area (Å²) in [5, 5.41) is 13.2. The topological polar surface area (TPSA) is 101 Å². The Bertz CT molecular complexity index is 939. The van der Waals surface area contributed by atoms with Gasteiger partial charge in [-0.05, 0) is 35.9 Å². The van der Waals surface area contributed by atoms with Crippen molar-refractivity contribution >= 4 is 27.3 Å². The van der Waals surface area contributed by atoms with Crippen LogP contribution in [-0.2, 0) is 14.6 Å². The number of piperazine rings is 1. The van der Waals surface area contributed by atoms with Crippen molar-refractivity contribution in [2.24, 2.45) is 0 Å². The van der Waals surface area contributed by atoms with Crippen molar-refractivity contribution in [3.8, 4) is 11.4 Å². The van der Waals surface area contributed by atoms with Crippen molar-refractivity contribution in [1.82, 2.24) is 30.0 Å². The summed E-state index contributed by atoms with van der Waals surface area (Å²) in [4.78, 5) is 18.2. The molecule has 2 heterocycles. The molecule has 1 aliphatic rings. The first-order chi connectivity index (χ1) is 13.8. The number of nitrogens with zero attached hydrogens (tertiary/aromatic N) is 6. The molecule has 11 heteroatoms. The average Bonchev–Trinajstić information content (AvgIpc) is 3.17. The van der Waals surface area contributed by atoms with Crippen LogP contribution < -0.4 is 0 Å². The third-order valence-electron chi connectivity index (χ3n) is 4.94. The molecular weight excluding hydrogens is 416 g/mol. The lowest BCUT2D eigenvalue weighted by atomic mass is 10.2. The molecule has 0 radical (unpaired) electrons. The molecular formula is C18H25ClN6O3S. The van der Waals surface area contributed by atoms with E-state index in [0.717, 1.165) is 5.56 Å². The minimum absolute atomic E-state index is 0.0460. The summed E-state index contributed by atoms with van der Waals surface area (Å²) < 4.78 is 22.7. The van der Waals surface area contributed by atoms with Gasteiger partial charge in [-0.25, -0.2) is 8.42 Å². The highest BCUT2D eigenvalue weighted by Gasteiger charge is 2.29. The maximum absolute atomic E-state index is 13.0. The lowest BCUT2D eigenvalue weighted by molar-refractivity contribution is -0.137. The van der Waals surface area contributed by atoms with E-state index in [1.54, 1.807) is 17.0 Å². The fourth-order valence-electron chi connectivity index (χ4n) is 3.21. The van der Waals surface area contributed by atoms with Crippen LogP contribution in [0.3, 0.4) is 0 Å². The number of tetrazole rings is 1. The number of rotatable bonds is 7. The third-order valence-corrected chi connectivity index (χ3v) is 6.12. The number of carbonyl (C=O) groups is 1. The molecule has 1 saturated heterocycles. The van der Waals surface area contributed by atoms with Crippen molar-refractivity contribution in [2.45, 2.75) is 19.4 Å². The second kappa shape index (κ2) is 9.19. The van der Waals surface area contributed by atoms with E-state index in [1.807, 2.05) is 19.1 Å². The second-order valence-corrected chi connectivity index (χ2v) is 9.86. The average molecular weight is 441 g/mol. The number of hydrogen-bond donors (Lipinski definition) is 0. The molecule has 9 nitrogen and oxygen atoms in total. The van der Waals surface area contributed by atoms with Crippen LogP contribution in [0.5, 0.6) is 0 Å². The Morgan fingerprint density at radius 2 is 1.83 bits per heavy atom. The molecule has 0 spiro atoms. The Hall–Kier alpha value is -2.04. The van der Waals surface area contributed by atoms with Crippen molar-refractivity contribution in [1.29, 1.82) is 0 Å². The van der Waals surface area contributed by atoms with Crippen molar-refractivity contribution < 1.29 is 13.2 Å². The van der Waals surface area contributed by atoms with Gasteiger partial charge in [-0.1, -0.05) is 18.5 Å². The van der Waals surface area contributed by atoms with Crippen LogP contribution in [0.15, 0.2) is 24.3 Å². The Balaban J connectivity index is 1.62. The van der Waals surface area contributed by atoms with Crippen LogP contribution in [0.1, 0.15) is 19.4 Å². The van der Waals surface area contributed by atoms with Crippen molar-refractivity contribution in [3.63, 3.8) is 0 Å². The molecule has 1 aliphatic heterocycles. The number of sulfone groups is 1. The van der Waals surface area contributed by atoms with Gasteiger partial charge in [0.1, 0.15) is 9.84 Å². The zero-order chi connectivity index (χ0) is 21.0. The SMILES string of the molecule is CCC(C(=O)N1CCN(CCS(C)(=O)=O)CC1)n1nnc(-c2ccc(Cl)cc2)n1. The van der Waals surface area contributed by atoms with Crippen LogP contribution in [0.4, 0.5) is 0 Å². The number of halogens is 1. The van der Waals surface area contributed by atoms with Gasteiger partial charge in [-0.2, -0.15) is 4.80 Å². The molecule has 0 aliphatic carbocycles. The van der Waals surface area contributed by atoms with E-state index in [9.17, 15) is 13.2 Å². The van der Waals surface area contributed by atoms with Gasteiger partial charge >= 0.3 is 0 Å². The summed E-state index contributed by atoms with van der Waals surface area (Å²) >= 11 is 5.91. The Morgan fingerprint density at radius 3 is 2.41 bits per heavy atom. The van der Waals surface area contributed by atoms with Gasteiger partial charge in [-0.15, -0.1) is 10.2 Å². The number of amides is 1. The van der Waals surface area contributed by atoms with Crippen LogP contribution in [0.25, 0.3) is 11.4 Å². The van der Waals surface area contributed by atoms with E-state index < -0.39 is 15.9 Å². The standard InChI is InChI=1S/C18H25ClN6O3S/c1-3-16(25-21-17(20-22-25)14-4-6-15(19)7-5-14)18(26)24-10-8-23(9-11-24)12-13-29(2,27)28/h4-7,16H,3,8-13H2,1-2H3. The highest BCUT2D eigenvalue weighted by molar-refractivity contribution is 7.90. The minimum atomic E-state index is -2.99. The Kier molecular flexibility index (Phi) is 6.86. The molecule has 1 atom stereocenters. The van der Waals surface area contributed by atoms with E-state index in [-0.39, 0.29) is 11.7 Å². The van der Waals surface area contributed by atoms with Gasteiger partial charge in [0.2, 0.25) is 11.7 Å². The molecule has 0 N–H and O–H groups in total. The summed E-state index contributed by atoms with van der Waals surface area (Å²) in [5.41, 5.74) is 0.780. The summed E-state index contributed by atoms with van der Waals surface area (Å²) in [7, 11) is -2.99. The van der Waals surface area contributed by atoms with E-state index in [4.69, 9.17) is 11.6 Å². The molecule has 158 valence electrons. The molecule has 0 saturated carbocycles. The van der Waals surface area contributed by atoms with Crippen LogP contribution >= 0.6 is 11.6 Å². The summed E-state index contributed by atoms with van der Waals surface area (Å²) in [6, 6.07) is 6.60. The first-order valence-electron chi connectivity index (χ1n) is 9.51. The molecule has 1 unspecified atom stereocenters. The molecule has 3 rings (SSSR count). The predicted molar refractivity (Wildman–Crippen MR) is 110 cm³/mol. The molecule has 1 aromatic carbocycles. The predicted octanol–water partition coefficient (Wildman–Crippen LogP) is 1.13. The zero-order valence-electron chi connectivity index (χ0n) is 16.5. The minimum Gasteiger partial charge on any atom is -0.338 e. The zero-order valence-corrected chi connectivity index (χ0v) is 18.1. The highest BCUT2D eigenvalue weighted by Crippen LogP contribution is 2.20. The molecule has 1 aromatic heterocycles. The maximum atomic E-state index is 13.0. The van der Waals surface area contributed by atoms with Gasteiger partial charge in [0.05, 0.1) is 5.75 Å². The van der Waals surface area contributed by atoms with Crippen molar-refractivity contribution in [3.05, 3.63) is 29.3 Å². The number of benzene rings is 1. The monoisotopic (exact) mass is 440 g/mol. The molecule has 0 bridgehead atoms. The van der Waals surface area contributed by atoms with E-state index in [2.05, 4.69) is 20.3 Å². The maximum Gasteiger partial charge on any atom is 0.249 e. The lowest BCUT2D eigenvalue weighted by Gasteiger charge is -2.35. The number of carbonyl (C=O) groups excluding carboxylic acids is 1. The van der Waals surface area contributed by atoms with Crippen LogP contribution in [0.2, 0.25) is 5.02 Å². The second-order valence-electron chi connectivity index (χ2n) is 7.16. The largest absolute Gasteiger partial charge is 0.338 e. The summed E-state index contributed by atoms with van der Waals surface area (Å²) in [5.74, 6) is 0.531. The van der Waals surface area contributed by atoms with Crippen LogP contribution in [-0.4, -0.2) is 89.1 Å². The quantitative estimate of drug-likeness (QED) is 0.636. The van der Waals surface area contributed by atoms with E-state index in [1.165, 1.54) is 11.1 Å². The highest BCUT2D eigenvalue weighted by atomic mass is 35.5. The summed E-state index contributed by atoms with van der Waals surface area (Å²) in [6.45, 7) is 4.82. The van der Waals surface area contributed by atoms with Crippen LogP contribution in [0, 0.1) is 0 Å². The fraction of sp³-hybridized carbons (Fsp3) is 0.556. The first-order valence-corrected chi connectivity index (χ1v) is 11.9. The summed E-state index contributed by atoms with van der Waals surface area (Å²) in [6.07, 6.45) is 1.78. The van der Waals surface area contributed by atoms with Gasteiger partial charge in [0.15, 0.2) is 6.04 Å². The van der Waals surface area contributed by atoms with Gasteiger partial charge in [-0.3, -0.25) is 9.69 Å². The third kappa shape index (κ3) is 5.74. The molecule has 2 aromatic rings. The van der Waals surface area contributed by atoms with E-state index in [0.29, 0.717) is 50.0 Å². The normalized spacial score (nSPS) is 16.7. The van der Waals surface area contributed by atoms with Gasteiger partial charge in [0.25, 0.3) is 0 Å². The van der Waals surface area contributed by atoms with Gasteiger partial charge < -0.3 is 4.90 Å². The molecule has 1 amide bonds. The molecule has 29 heavy (non-hydrogen) atoms. The number of hydrogen-bond acceptors (Lipinski definition) is 7. The Morgan fingerprint density at radius 1 is 1.17 bits per heavy atom. The Labute approximate surface area is 175 Å².